The highest BCUT2D eigenvalue weighted by molar-refractivity contribution is 5.94. The molecule has 0 aliphatic carbocycles. The molecule has 2 aromatic rings. The monoisotopic (exact) mass is 326 g/mol. The van der Waals surface area contributed by atoms with Crippen LogP contribution in [-0.4, -0.2) is 30.4 Å². The Morgan fingerprint density at radius 2 is 1.71 bits per heavy atom. The van der Waals surface area contributed by atoms with E-state index in [0.29, 0.717) is 12.1 Å². The van der Waals surface area contributed by atoms with Gasteiger partial charge in [0.15, 0.2) is 0 Å². The van der Waals surface area contributed by atoms with Gasteiger partial charge in [-0.2, -0.15) is 0 Å². The molecule has 1 aliphatic heterocycles. The highest BCUT2D eigenvalue weighted by Crippen LogP contribution is 2.25. The molecular formula is C20H23FN2O. The maximum Gasteiger partial charge on any atom is 0.251 e. The highest BCUT2D eigenvalue weighted by atomic mass is 19.1. The lowest BCUT2D eigenvalue weighted by atomic mass is 10.0. The summed E-state index contributed by atoms with van der Waals surface area (Å²) in [7, 11) is 0. The van der Waals surface area contributed by atoms with E-state index in [1.54, 1.807) is 0 Å². The summed E-state index contributed by atoms with van der Waals surface area (Å²) in [5.74, 6) is -0.493. The fourth-order valence-corrected chi connectivity index (χ4v) is 3.19. The molecular weight excluding hydrogens is 303 g/mol. The van der Waals surface area contributed by atoms with Gasteiger partial charge in [-0.05, 0) is 62.7 Å². The van der Waals surface area contributed by atoms with Gasteiger partial charge in [-0.15, -0.1) is 0 Å². The molecule has 3 rings (SSSR count). The van der Waals surface area contributed by atoms with Crippen LogP contribution in [0.15, 0.2) is 48.5 Å². The Morgan fingerprint density at radius 1 is 1.08 bits per heavy atom. The molecule has 1 heterocycles. The SMILES string of the molecule is Cc1ccc([C@H](CNC(=O)c2ccc(F)cc2)N2CCCC2)cc1. The number of aryl methyl sites for hydroxylation is 1. The molecule has 1 amide bonds. The van der Waals surface area contributed by atoms with Crippen LogP contribution in [0.25, 0.3) is 0 Å². The zero-order valence-corrected chi connectivity index (χ0v) is 14.0. The predicted molar refractivity (Wildman–Crippen MR) is 93.5 cm³/mol. The molecule has 3 nitrogen and oxygen atoms in total. The lowest BCUT2D eigenvalue weighted by Gasteiger charge is -2.28. The van der Waals surface area contributed by atoms with E-state index in [4.69, 9.17) is 0 Å². The molecule has 2 aromatic carbocycles. The van der Waals surface area contributed by atoms with E-state index in [1.807, 2.05) is 0 Å². The molecule has 1 aliphatic rings. The van der Waals surface area contributed by atoms with Gasteiger partial charge in [-0.3, -0.25) is 9.69 Å². The molecule has 1 fully saturated rings. The van der Waals surface area contributed by atoms with Gasteiger partial charge in [0.25, 0.3) is 5.91 Å². The Kier molecular flexibility index (Phi) is 5.26. The van der Waals surface area contributed by atoms with Crippen LogP contribution in [0, 0.1) is 12.7 Å². The van der Waals surface area contributed by atoms with Crippen molar-refractivity contribution >= 4 is 5.91 Å². The molecule has 0 radical (unpaired) electrons. The van der Waals surface area contributed by atoms with Gasteiger partial charge in [0.2, 0.25) is 0 Å². The predicted octanol–water partition coefficient (Wildman–Crippen LogP) is 3.70. The van der Waals surface area contributed by atoms with Gasteiger partial charge in [-0.25, -0.2) is 4.39 Å². The van der Waals surface area contributed by atoms with E-state index in [2.05, 4.69) is 41.4 Å². The number of halogens is 1. The van der Waals surface area contributed by atoms with Crippen molar-refractivity contribution in [2.75, 3.05) is 19.6 Å². The van der Waals surface area contributed by atoms with Gasteiger partial charge >= 0.3 is 0 Å². The van der Waals surface area contributed by atoms with E-state index < -0.39 is 0 Å². The molecule has 4 heteroatoms. The van der Waals surface area contributed by atoms with Crippen LogP contribution < -0.4 is 5.32 Å². The van der Waals surface area contributed by atoms with Crippen LogP contribution in [0.1, 0.15) is 40.4 Å². The van der Waals surface area contributed by atoms with Crippen molar-refractivity contribution in [3.05, 3.63) is 71.0 Å². The molecule has 0 unspecified atom stereocenters. The largest absolute Gasteiger partial charge is 0.350 e. The van der Waals surface area contributed by atoms with E-state index in [9.17, 15) is 9.18 Å². The summed E-state index contributed by atoms with van der Waals surface area (Å²) in [5.41, 5.74) is 2.94. The van der Waals surface area contributed by atoms with Crippen LogP contribution in [-0.2, 0) is 0 Å². The summed E-state index contributed by atoms with van der Waals surface area (Å²) in [6.45, 7) is 4.75. The Balaban J connectivity index is 1.70. The minimum atomic E-state index is -0.332. The standard InChI is InChI=1S/C20H23FN2O/c1-15-4-6-16(7-5-15)19(23-12-2-3-13-23)14-22-20(24)17-8-10-18(21)11-9-17/h4-11,19H,2-3,12-14H2,1H3,(H,22,24)/t19-/m0/s1. The first-order valence-electron chi connectivity index (χ1n) is 8.48. The summed E-state index contributed by atoms with van der Waals surface area (Å²) < 4.78 is 13.0. The number of benzene rings is 2. The first-order valence-corrected chi connectivity index (χ1v) is 8.48. The molecule has 0 saturated carbocycles. The first-order chi connectivity index (χ1) is 11.6. The van der Waals surface area contributed by atoms with Crippen LogP contribution in [0.5, 0.6) is 0 Å². The zero-order chi connectivity index (χ0) is 16.9. The van der Waals surface area contributed by atoms with Crippen molar-refractivity contribution in [3.8, 4) is 0 Å². The van der Waals surface area contributed by atoms with Crippen LogP contribution in [0.2, 0.25) is 0 Å². The second-order valence-electron chi connectivity index (χ2n) is 6.39. The number of carbonyl (C=O) groups excluding carboxylic acids is 1. The molecule has 1 atom stereocenters. The fraction of sp³-hybridized carbons (Fsp3) is 0.350. The average molecular weight is 326 g/mol. The van der Waals surface area contributed by atoms with Crippen LogP contribution in [0.4, 0.5) is 4.39 Å². The summed E-state index contributed by atoms with van der Waals surface area (Å²) in [4.78, 5) is 14.7. The summed E-state index contributed by atoms with van der Waals surface area (Å²) in [5, 5.41) is 3.01. The zero-order valence-electron chi connectivity index (χ0n) is 14.0. The third-order valence-corrected chi connectivity index (χ3v) is 4.61. The lowest BCUT2D eigenvalue weighted by molar-refractivity contribution is 0.0938. The van der Waals surface area contributed by atoms with Crippen molar-refractivity contribution in [2.45, 2.75) is 25.8 Å². The number of hydrogen-bond acceptors (Lipinski definition) is 2. The van der Waals surface area contributed by atoms with Crippen LogP contribution in [0.3, 0.4) is 0 Å². The topological polar surface area (TPSA) is 32.3 Å². The first kappa shape index (κ1) is 16.7. The normalized spacial score (nSPS) is 16.1. The number of carbonyl (C=O) groups is 1. The Hall–Kier alpha value is -2.20. The van der Waals surface area contributed by atoms with Crippen molar-refractivity contribution < 1.29 is 9.18 Å². The van der Waals surface area contributed by atoms with E-state index in [1.165, 1.54) is 48.2 Å². The lowest BCUT2D eigenvalue weighted by Crippen LogP contribution is -2.36. The summed E-state index contributed by atoms with van der Waals surface area (Å²) in [6, 6.07) is 14.3. The molecule has 24 heavy (non-hydrogen) atoms. The molecule has 0 aromatic heterocycles. The number of hydrogen-bond donors (Lipinski definition) is 1. The third kappa shape index (κ3) is 4.01. The molecule has 1 N–H and O–H groups in total. The average Bonchev–Trinajstić information content (AvgIpc) is 3.11. The van der Waals surface area contributed by atoms with Gasteiger partial charge in [0.05, 0.1) is 6.04 Å². The quantitative estimate of drug-likeness (QED) is 0.908. The number of rotatable bonds is 5. The maximum atomic E-state index is 13.0. The van der Waals surface area contributed by atoms with E-state index in [-0.39, 0.29) is 17.8 Å². The Morgan fingerprint density at radius 3 is 2.33 bits per heavy atom. The molecule has 1 saturated heterocycles. The van der Waals surface area contributed by atoms with Gasteiger partial charge in [0, 0.05) is 12.1 Å². The Bertz CT molecular complexity index is 676. The van der Waals surface area contributed by atoms with Crippen molar-refractivity contribution in [3.63, 3.8) is 0 Å². The van der Waals surface area contributed by atoms with E-state index in [0.717, 1.165) is 13.1 Å². The van der Waals surface area contributed by atoms with Gasteiger partial charge in [-0.1, -0.05) is 29.8 Å². The van der Waals surface area contributed by atoms with Gasteiger partial charge in [0.1, 0.15) is 5.82 Å². The molecule has 126 valence electrons. The number of nitrogens with one attached hydrogen (secondary N) is 1. The Labute approximate surface area is 142 Å². The van der Waals surface area contributed by atoms with Crippen LogP contribution >= 0.6 is 0 Å². The highest BCUT2D eigenvalue weighted by Gasteiger charge is 2.24. The number of nitrogens with zero attached hydrogens (tertiary/aromatic N) is 1. The van der Waals surface area contributed by atoms with Gasteiger partial charge < -0.3 is 5.32 Å². The second-order valence-corrected chi connectivity index (χ2v) is 6.39. The van der Waals surface area contributed by atoms with Crippen molar-refractivity contribution in [1.29, 1.82) is 0 Å². The number of amides is 1. The van der Waals surface area contributed by atoms with E-state index >= 15 is 0 Å². The van der Waals surface area contributed by atoms with Crippen molar-refractivity contribution in [2.24, 2.45) is 0 Å². The number of likely N-dealkylation sites (tertiary alicyclic amines) is 1. The molecule has 0 bridgehead atoms. The maximum absolute atomic E-state index is 13.0. The minimum absolute atomic E-state index is 0.161. The summed E-state index contributed by atoms with van der Waals surface area (Å²) >= 11 is 0. The third-order valence-electron chi connectivity index (χ3n) is 4.61. The summed E-state index contributed by atoms with van der Waals surface area (Å²) in [6.07, 6.45) is 2.41. The minimum Gasteiger partial charge on any atom is -0.350 e. The smallest absolute Gasteiger partial charge is 0.251 e. The second kappa shape index (κ2) is 7.58. The van der Waals surface area contributed by atoms with Crippen molar-refractivity contribution in [1.82, 2.24) is 10.2 Å². The fourth-order valence-electron chi connectivity index (χ4n) is 3.19. The molecule has 0 spiro atoms.